The summed E-state index contributed by atoms with van der Waals surface area (Å²) in [6.07, 6.45) is 1.06. The van der Waals surface area contributed by atoms with Gasteiger partial charge in [0.25, 0.3) is 0 Å². The van der Waals surface area contributed by atoms with Crippen molar-refractivity contribution in [1.82, 2.24) is 5.43 Å². The first kappa shape index (κ1) is 6.94. The molecule has 0 aromatic rings. The molecule has 8 heavy (non-hydrogen) atoms. The zero-order valence-corrected chi connectivity index (χ0v) is 4.84. The fraction of sp³-hybridized carbons (Fsp3) is 0.500. The van der Waals surface area contributed by atoms with E-state index >= 15 is 0 Å². The Bertz CT molecular complexity index is 100. The number of nitrogens with one attached hydrogen (secondary N) is 1. The van der Waals surface area contributed by atoms with Crippen LogP contribution >= 0.6 is 0 Å². The first-order valence-corrected chi connectivity index (χ1v) is 2.09. The molecule has 0 atom stereocenters. The molecule has 0 saturated carbocycles. The zero-order chi connectivity index (χ0) is 6.41. The number of carbonyl (C=O) groups is 1. The van der Waals surface area contributed by atoms with Crippen molar-refractivity contribution in [3.05, 3.63) is 0 Å². The number of hydrogen-bond donors (Lipinski definition) is 1. The van der Waals surface area contributed by atoms with E-state index in [1.807, 2.05) is 0 Å². The number of nitrogens with zero attached hydrogens (tertiary/aromatic N) is 1. The normalized spacial score (nSPS) is 9.25. The molecule has 0 aliphatic carbocycles. The van der Waals surface area contributed by atoms with E-state index in [1.165, 1.54) is 7.11 Å². The van der Waals surface area contributed by atoms with Gasteiger partial charge in [0, 0.05) is 7.05 Å². The molecule has 0 heterocycles. The summed E-state index contributed by atoms with van der Waals surface area (Å²) >= 11 is 0. The van der Waals surface area contributed by atoms with Gasteiger partial charge < -0.3 is 10.2 Å². The van der Waals surface area contributed by atoms with Crippen molar-refractivity contribution in [2.45, 2.75) is 0 Å². The van der Waals surface area contributed by atoms with Crippen LogP contribution in [0.4, 0.5) is 0 Å². The van der Waals surface area contributed by atoms with Gasteiger partial charge in [-0.1, -0.05) is 0 Å². The molecule has 0 fully saturated rings. The smallest absolute Gasteiger partial charge is 0.350 e. The molecule has 1 N–H and O–H groups in total. The van der Waals surface area contributed by atoms with E-state index in [-0.39, 0.29) is 0 Å². The third kappa shape index (κ3) is 3.14. The molecule has 0 rings (SSSR count). The molecule has 0 radical (unpaired) electrons. The Morgan fingerprint density at radius 1 is 1.88 bits per heavy atom. The summed E-state index contributed by atoms with van der Waals surface area (Å²) in [7, 11) is 2.89. The van der Waals surface area contributed by atoms with Crippen LogP contribution in [0, 0.1) is 0 Å². The van der Waals surface area contributed by atoms with Crippen LogP contribution in [0.1, 0.15) is 0 Å². The van der Waals surface area contributed by atoms with E-state index in [1.54, 1.807) is 7.05 Å². The fourth-order valence-corrected chi connectivity index (χ4v) is 0.170. The van der Waals surface area contributed by atoms with Crippen LogP contribution in [0.2, 0.25) is 0 Å². The van der Waals surface area contributed by atoms with Gasteiger partial charge in [-0.05, 0) is 0 Å². The lowest BCUT2D eigenvalue weighted by molar-refractivity contribution is -0.132. The highest BCUT2D eigenvalue weighted by Gasteiger charge is 1.87. The summed E-state index contributed by atoms with van der Waals surface area (Å²) in [4.78, 5) is 10.2. The van der Waals surface area contributed by atoms with Crippen LogP contribution in [0.5, 0.6) is 0 Å². The van der Waals surface area contributed by atoms with Gasteiger partial charge in [0.15, 0.2) is 0 Å². The molecule has 0 bridgehead atoms. The Kier molecular flexibility index (Phi) is 3.56. The molecule has 0 unspecified atom stereocenters. The Morgan fingerprint density at radius 3 is 2.88 bits per heavy atom. The van der Waals surface area contributed by atoms with Crippen LogP contribution in [0.3, 0.4) is 0 Å². The standard InChI is InChI=1S/C4H8N2O2/c1-5-6-3-4(7)8-2/h3,5H,1-2H3/b6-3+. The molecule has 0 aromatic heterocycles. The maximum Gasteiger partial charge on any atom is 0.350 e. The largest absolute Gasteiger partial charge is 0.465 e. The average Bonchev–Trinajstić information content (AvgIpc) is 1.83. The Labute approximate surface area is 47.5 Å². The number of esters is 1. The van der Waals surface area contributed by atoms with Crippen LogP contribution in [-0.2, 0) is 9.53 Å². The zero-order valence-electron chi connectivity index (χ0n) is 4.84. The Morgan fingerprint density at radius 2 is 2.50 bits per heavy atom. The lowest BCUT2D eigenvalue weighted by Gasteiger charge is -1.86. The van der Waals surface area contributed by atoms with Crippen LogP contribution < -0.4 is 5.43 Å². The van der Waals surface area contributed by atoms with Crippen LogP contribution in [-0.4, -0.2) is 26.3 Å². The number of ether oxygens (including phenoxy) is 1. The number of methoxy groups -OCH3 is 1. The highest BCUT2D eigenvalue weighted by Crippen LogP contribution is 1.63. The van der Waals surface area contributed by atoms with Gasteiger partial charge in [0.2, 0.25) is 0 Å². The van der Waals surface area contributed by atoms with Gasteiger partial charge in [-0.25, -0.2) is 4.79 Å². The molecule has 0 aliphatic rings. The summed E-state index contributed by atoms with van der Waals surface area (Å²) in [5.74, 6) is -0.459. The van der Waals surface area contributed by atoms with E-state index in [0.29, 0.717) is 0 Å². The highest BCUT2D eigenvalue weighted by molar-refractivity contribution is 6.22. The van der Waals surface area contributed by atoms with Gasteiger partial charge in [0.1, 0.15) is 6.21 Å². The first-order valence-electron chi connectivity index (χ1n) is 2.09. The summed E-state index contributed by atoms with van der Waals surface area (Å²) in [6, 6.07) is 0. The van der Waals surface area contributed by atoms with Crippen LogP contribution in [0.25, 0.3) is 0 Å². The van der Waals surface area contributed by atoms with Crippen molar-refractivity contribution in [1.29, 1.82) is 0 Å². The van der Waals surface area contributed by atoms with Crippen molar-refractivity contribution < 1.29 is 9.53 Å². The Balaban J connectivity index is 3.37. The highest BCUT2D eigenvalue weighted by atomic mass is 16.5. The fourth-order valence-electron chi connectivity index (χ4n) is 0.170. The molecule has 0 aromatic carbocycles. The first-order chi connectivity index (χ1) is 3.81. The van der Waals surface area contributed by atoms with Gasteiger partial charge in [-0.2, -0.15) is 5.10 Å². The van der Waals surface area contributed by atoms with Gasteiger partial charge in [-0.3, -0.25) is 0 Å². The molecule has 0 aliphatic heterocycles. The lowest BCUT2D eigenvalue weighted by atomic mass is 10.8. The monoisotopic (exact) mass is 116 g/mol. The predicted octanol–water partition coefficient (Wildman–Crippen LogP) is -0.635. The quantitative estimate of drug-likeness (QED) is 0.297. The molecule has 4 nitrogen and oxygen atoms in total. The number of hydrazone groups is 1. The molecular formula is C4H8N2O2. The molecule has 0 amide bonds. The molecule has 0 spiro atoms. The second-order valence-corrected chi connectivity index (χ2v) is 1.00. The lowest BCUT2D eigenvalue weighted by Crippen LogP contribution is -2.04. The molecule has 46 valence electrons. The van der Waals surface area contributed by atoms with Crippen LogP contribution in [0.15, 0.2) is 5.10 Å². The topological polar surface area (TPSA) is 50.7 Å². The predicted molar refractivity (Wildman–Crippen MR) is 29.6 cm³/mol. The minimum Gasteiger partial charge on any atom is -0.465 e. The molecule has 0 saturated heterocycles. The van der Waals surface area contributed by atoms with Gasteiger partial charge >= 0.3 is 5.97 Å². The van der Waals surface area contributed by atoms with Gasteiger partial charge in [0.05, 0.1) is 7.11 Å². The summed E-state index contributed by atoms with van der Waals surface area (Å²) in [6.45, 7) is 0. The van der Waals surface area contributed by atoms with E-state index < -0.39 is 5.97 Å². The number of carbonyl (C=O) groups excluding carboxylic acids is 1. The second-order valence-electron chi connectivity index (χ2n) is 1.00. The minimum atomic E-state index is -0.459. The van der Waals surface area contributed by atoms with Crippen molar-refractivity contribution in [2.75, 3.05) is 14.2 Å². The van der Waals surface area contributed by atoms with Crippen molar-refractivity contribution >= 4 is 12.2 Å². The molecule has 4 heteroatoms. The maximum atomic E-state index is 10.2. The minimum absolute atomic E-state index is 0.459. The average molecular weight is 116 g/mol. The maximum absolute atomic E-state index is 10.2. The van der Waals surface area contributed by atoms with E-state index in [0.717, 1.165) is 6.21 Å². The van der Waals surface area contributed by atoms with Gasteiger partial charge in [-0.15, -0.1) is 0 Å². The number of hydrogen-bond acceptors (Lipinski definition) is 4. The Hall–Kier alpha value is -1.06. The number of rotatable bonds is 2. The summed E-state index contributed by atoms with van der Waals surface area (Å²) < 4.78 is 4.22. The van der Waals surface area contributed by atoms with E-state index in [2.05, 4.69) is 15.3 Å². The van der Waals surface area contributed by atoms with Crippen molar-refractivity contribution in [3.63, 3.8) is 0 Å². The summed E-state index contributed by atoms with van der Waals surface area (Å²) in [5.41, 5.74) is 2.40. The third-order valence-corrected chi connectivity index (χ3v) is 0.500. The SMILES string of the molecule is CN/N=C/C(=O)OC. The third-order valence-electron chi connectivity index (χ3n) is 0.500. The van der Waals surface area contributed by atoms with E-state index in [9.17, 15) is 4.79 Å². The second kappa shape index (κ2) is 4.11. The van der Waals surface area contributed by atoms with Crippen molar-refractivity contribution in [2.24, 2.45) is 5.10 Å². The van der Waals surface area contributed by atoms with Crippen molar-refractivity contribution in [3.8, 4) is 0 Å². The molecular weight excluding hydrogens is 108 g/mol. The van der Waals surface area contributed by atoms with E-state index in [4.69, 9.17) is 0 Å². The summed E-state index contributed by atoms with van der Waals surface area (Å²) in [5, 5.41) is 3.39.